The third-order valence-electron chi connectivity index (χ3n) is 4.24. The van der Waals surface area contributed by atoms with Crippen LogP contribution >= 0.6 is 12.4 Å². The number of ketones is 1. The van der Waals surface area contributed by atoms with E-state index in [1.165, 1.54) is 70.8 Å². The van der Waals surface area contributed by atoms with Crippen molar-refractivity contribution in [1.29, 1.82) is 0 Å². The number of likely N-dealkylation sites (tertiary alicyclic amines) is 1. The number of hydrogen-bond acceptors (Lipinski definition) is 2. The van der Waals surface area contributed by atoms with Crippen molar-refractivity contribution >= 4 is 18.2 Å². The molecule has 1 aliphatic rings. The number of halogens is 1. The molecule has 3 heteroatoms. The second-order valence-electron chi connectivity index (χ2n) is 6.06. The number of carbonyl (C=O) groups is 1. The van der Waals surface area contributed by atoms with E-state index in [9.17, 15) is 4.79 Å². The summed E-state index contributed by atoms with van der Waals surface area (Å²) in [5.74, 6) is 0.458. The van der Waals surface area contributed by atoms with Gasteiger partial charge in [0.25, 0.3) is 0 Å². The Bertz CT molecular complexity index is 223. The van der Waals surface area contributed by atoms with Gasteiger partial charge in [-0.15, -0.1) is 12.4 Å². The number of Topliss-reactive ketones (excluding diaryl/α,β-unsaturated/α-hetero) is 1. The van der Waals surface area contributed by atoms with Crippen LogP contribution in [0.4, 0.5) is 0 Å². The maximum atomic E-state index is 11.1. The highest BCUT2D eigenvalue weighted by molar-refractivity contribution is 5.85. The molecular weight excluding hydrogens is 270 g/mol. The number of piperidine rings is 1. The fraction of sp³-hybridized carbons (Fsp3) is 0.941. The molecule has 0 aromatic heterocycles. The van der Waals surface area contributed by atoms with Gasteiger partial charge < -0.3 is 4.90 Å². The zero-order valence-corrected chi connectivity index (χ0v) is 14.2. The molecule has 0 aromatic rings. The summed E-state index contributed by atoms with van der Waals surface area (Å²) in [6, 6.07) is 0. The molecule has 1 saturated heterocycles. The molecule has 1 heterocycles. The second-order valence-corrected chi connectivity index (χ2v) is 6.06. The van der Waals surface area contributed by atoms with Crippen molar-refractivity contribution in [3.63, 3.8) is 0 Å². The lowest BCUT2D eigenvalue weighted by Gasteiger charge is -2.25. The van der Waals surface area contributed by atoms with Crippen LogP contribution in [-0.2, 0) is 4.79 Å². The summed E-state index contributed by atoms with van der Waals surface area (Å²) in [6.45, 7) is 5.51. The predicted octanol–water partition coefficient (Wildman–Crippen LogP) is 4.99. The molecule has 0 amide bonds. The van der Waals surface area contributed by atoms with Gasteiger partial charge in [0.2, 0.25) is 0 Å². The first kappa shape index (κ1) is 19.9. The molecule has 0 unspecified atom stereocenters. The van der Waals surface area contributed by atoms with Crippen molar-refractivity contribution in [2.75, 3.05) is 19.6 Å². The molecule has 1 rings (SSSR count). The predicted molar refractivity (Wildman–Crippen MR) is 89.8 cm³/mol. The Kier molecular flexibility index (Phi) is 13.8. The summed E-state index contributed by atoms with van der Waals surface area (Å²) in [5, 5.41) is 0. The molecule has 0 aliphatic carbocycles. The molecule has 0 radical (unpaired) electrons. The summed E-state index contributed by atoms with van der Waals surface area (Å²) in [4.78, 5) is 13.6. The van der Waals surface area contributed by atoms with Crippen LogP contribution in [0.3, 0.4) is 0 Å². The minimum atomic E-state index is 0. The fourth-order valence-electron chi connectivity index (χ4n) is 2.85. The SMILES string of the molecule is CCCCCCCCCCCCN1CCC(=O)CC1.Cl. The van der Waals surface area contributed by atoms with Gasteiger partial charge in [0.15, 0.2) is 0 Å². The van der Waals surface area contributed by atoms with E-state index in [1.54, 1.807) is 0 Å². The van der Waals surface area contributed by atoms with Crippen molar-refractivity contribution in [2.24, 2.45) is 0 Å². The van der Waals surface area contributed by atoms with Crippen LogP contribution in [-0.4, -0.2) is 30.3 Å². The first-order chi connectivity index (χ1) is 9.33. The second kappa shape index (κ2) is 13.9. The zero-order chi connectivity index (χ0) is 13.8. The Morgan fingerprint density at radius 2 is 1.25 bits per heavy atom. The van der Waals surface area contributed by atoms with Crippen LogP contribution in [0.5, 0.6) is 0 Å². The summed E-state index contributed by atoms with van der Waals surface area (Å²) >= 11 is 0. The van der Waals surface area contributed by atoms with E-state index in [-0.39, 0.29) is 12.4 Å². The Hall–Kier alpha value is -0.0800. The van der Waals surface area contributed by atoms with E-state index < -0.39 is 0 Å². The minimum absolute atomic E-state index is 0. The van der Waals surface area contributed by atoms with Crippen LogP contribution in [0.2, 0.25) is 0 Å². The Morgan fingerprint density at radius 1 is 0.800 bits per heavy atom. The van der Waals surface area contributed by atoms with Gasteiger partial charge in [-0.3, -0.25) is 4.79 Å². The van der Waals surface area contributed by atoms with E-state index in [4.69, 9.17) is 0 Å². The van der Waals surface area contributed by atoms with Crippen LogP contribution in [0, 0.1) is 0 Å². The molecule has 0 aromatic carbocycles. The van der Waals surface area contributed by atoms with E-state index in [0.29, 0.717) is 5.78 Å². The topological polar surface area (TPSA) is 20.3 Å². The number of hydrogen-bond donors (Lipinski definition) is 0. The lowest BCUT2D eigenvalue weighted by molar-refractivity contribution is -0.121. The summed E-state index contributed by atoms with van der Waals surface area (Å²) in [6.07, 6.45) is 15.6. The van der Waals surface area contributed by atoms with Crippen molar-refractivity contribution in [2.45, 2.75) is 84.0 Å². The molecule has 2 nitrogen and oxygen atoms in total. The molecule has 1 aliphatic heterocycles. The highest BCUT2D eigenvalue weighted by Gasteiger charge is 2.14. The molecule has 0 spiro atoms. The first-order valence-corrected chi connectivity index (χ1v) is 8.57. The number of nitrogens with zero attached hydrogens (tertiary/aromatic N) is 1. The molecule has 0 saturated carbocycles. The average Bonchev–Trinajstić information content (AvgIpc) is 2.43. The minimum Gasteiger partial charge on any atom is -0.302 e. The smallest absolute Gasteiger partial charge is 0.135 e. The normalized spacial score (nSPS) is 16.1. The molecule has 120 valence electrons. The average molecular weight is 304 g/mol. The van der Waals surface area contributed by atoms with Crippen LogP contribution in [0.1, 0.15) is 84.0 Å². The van der Waals surface area contributed by atoms with Crippen LogP contribution in [0.15, 0.2) is 0 Å². The van der Waals surface area contributed by atoms with Gasteiger partial charge in [0.05, 0.1) is 0 Å². The molecular formula is C17H34ClNO. The highest BCUT2D eigenvalue weighted by Crippen LogP contribution is 2.12. The molecule has 1 fully saturated rings. The number of unbranched alkanes of at least 4 members (excludes halogenated alkanes) is 9. The Labute approximate surface area is 132 Å². The van der Waals surface area contributed by atoms with E-state index in [0.717, 1.165) is 25.9 Å². The largest absolute Gasteiger partial charge is 0.302 e. The van der Waals surface area contributed by atoms with Gasteiger partial charge in [0, 0.05) is 25.9 Å². The van der Waals surface area contributed by atoms with Crippen LogP contribution in [0.25, 0.3) is 0 Å². The van der Waals surface area contributed by atoms with Gasteiger partial charge in [-0.1, -0.05) is 64.7 Å². The van der Waals surface area contributed by atoms with E-state index in [2.05, 4.69) is 11.8 Å². The lowest BCUT2D eigenvalue weighted by Crippen LogP contribution is -2.34. The Morgan fingerprint density at radius 3 is 1.75 bits per heavy atom. The zero-order valence-electron chi connectivity index (χ0n) is 13.4. The monoisotopic (exact) mass is 303 g/mol. The maximum Gasteiger partial charge on any atom is 0.135 e. The lowest BCUT2D eigenvalue weighted by atomic mass is 10.1. The molecule has 20 heavy (non-hydrogen) atoms. The van der Waals surface area contributed by atoms with Crippen LogP contribution < -0.4 is 0 Å². The maximum absolute atomic E-state index is 11.1. The van der Waals surface area contributed by atoms with Crippen molar-refractivity contribution < 1.29 is 4.79 Å². The van der Waals surface area contributed by atoms with Gasteiger partial charge in [-0.25, -0.2) is 0 Å². The summed E-state index contributed by atoms with van der Waals surface area (Å²) in [5.41, 5.74) is 0. The molecule has 0 N–H and O–H groups in total. The van der Waals surface area contributed by atoms with Gasteiger partial charge >= 0.3 is 0 Å². The third-order valence-corrected chi connectivity index (χ3v) is 4.24. The third kappa shape index (κ3) is 10.7. The van der Waals surface area contributed by atoms with E-state index in [1.807, 2.05) is 0 Å². The van der Waals surface area contributed by atoms with Crippen molar-refractivity contribution in [1.82, 2.24) is 4.90 Å². The van der Waals surface area contributed by atoms with Crippen molar-refractivity contribution in [3.05, 3.63) is 0 Å². The van der Waals surface area contributed by atoms with Gasteiger partial charge in [-0.2, -0.15) is 0 Å². The molecule has 0 atom stereocenters. The number of rotatable bonds is 11. The summed E-state index contributed by atoms with van der Waals surface area (Å²) in [7, 11) is 0. The van der Waals surface area contributed by atoms with Gasteiger partial charge in [0.1, 0.15) is 5.78 Å². The standard InChI is InChI=1S/C17H33NO.ClH/c1-2-3-4-5-6-7-8-9-10-11-14-18-15-12-17(19)13-16-18;/h2-16H2,1H3;1H. The number of carbonyl (C=O) groups excluding carboxylic acids is 1. The Balaban J connectivity index is 0.00000361. The quantitative estimate of drug-likeness (QED) is 0.501. The van der Waals surface area contributed by atoms with Gasteiger partial charge in [-0.05, 0) is 13.0 Å². The highest BCUT2D eigenvalue weighted by atomic mass is 35.5. The summed E-state index contributed by atoms with van der Waals surface area (Å²) < 4.78 is 0. The first-order valence-electron chi connectivity index (χ1n) is 8.57. The van der Waals surface area contributed by atoms with Crippen molar-refractivity contribution in [3.8, 4) is 0 Å². The molecule has 0 bridgehead atoms. The van der Waals surface area contributed by atoms with E-state index >= 15 is 0 Å². The fourth-order valence-corrected chi connectivity index (χ4v) is 2.85.